The summed E-state index contributed by atoms with van der Waals surface area (Å²) in [6.07, 6.45) is 13.6. The first-order valence-corrected chi connectivity index (χ1v) is 7.88. The molecule has 2 unspecified atom stereocenters. The molecule has 0 saturated heterocycles. The fourth-order valence-corrected chi connectivity index (χ4v) is 3.36. The molecule has 17 heavy (non-hydrogen) atoms. The van der Waals surface area contributed by atoms with Crippen molar-refractivity contribution in [3.8, 4) is 0 Å². The summed E-state index contributed by atoms with van der Waals surface area (Å²) in [5.74, 6) is 0.865. The molecule has 1 aliphatic carbocycles. The van der Waals surface area contributed by atoms with Gasteiger partial charge in [-0.05, 0) is 30.6 Å². The van der Waals surface area contributed by atoms with E-state index >= 15 is 0 Å². The maximum atomic E-state index is 6.53. The Morgan fingerprint density at radius 2 is 1.76 bits per heavy atom. The van der Waals surface area contributed by atoms with Crippen LogP contribution in [-0.2, 0) is 0 Å². The zero-order chi connectivity index (χ0) is 12.7. The standard InChI is InChI=1S/C16H33N/c1-4-6-10-14(5-2)13-15(17)16(3)11-8-7-9-12-16/h14-15H,4-13,17H2,1-3H3. The maximum absolute atomic E-state index is 6.53. The van der Waals surface area contributed by atoms with Crippen LogP contribution in [0.5, 0.6) is 0 Å². The molecule has 0 heterocycles. The molecule has 0 amide bonds. The van der Waals surface area contributed by atoms with Crippen molar-refractivity contribution in [3.05, 3.63) is 0 Å². The van der Waals surface area contributed by atoms with Crippen LogP contribution in [0.15, 0.2) is 0 Å². The van der Waals surface area contributed by atoms with Gasteiger partial charge in [0.05, 0.1) is 0 Å². The summed E-state index contributed by atoms with van der Waals surface area (Å²) in [6, 6.07) is 0.435. The lowest BCUT2D eigenvalue weighted by atomic mass is 9.68. The van der Waals surface area contributed by atoms with Crippen LogP contribution >= 0.6 is 0 Å². The van der Waals surface area contributed by atoms with Crippen molar-refractivity contribution in [3.63, 3.8) is 0 Å². The molecule has 1 fully saturated rings. The third-order valence-corrected chi connectivity index (χ3v) is 5.02. The van der Waals surface area contributed by atoms with E-state index < -0.39 is 0 Å². The molecule has 0 aromatic carbocycles. The summed E-state index contributed by atoms with van der Waals surface area (Å²) in [5, 5.41) is 0. The van der Waals surface area contributed by atoms with Crippen molar-refractivity contribution < 1.29 is 0 Å². The topological polar surface area (TPSA) is 26.0 Å². The average Bonchev–Trinajstić information content (AvgIpc) is 2.35. The zero-order valence-corrected chi connectivity index (χ0v) is 12.3. The van der Waals surface area contributed by atoms with Gasteiger partial charge in [-0.3, -0.25) is 0 Å². The molecule has 0 aliphatic heterocycles. The fourth-order valence-electron chi connectivity index (χ4n) is 3.36. The maximum Gasteiger partial charge on any atom is 0.00955 e. The van der Waals surface area contributed by atoms with E-state index in [0.717, 1.165) is 5.92 Å². The lowest BCUT2D eigenvalue weighted by Gasteiger charge is -2.40. The Hall–Kier alpha value is -0.0400. The van der Waals surface area contributed by atoms with Gasteiger partial charge in [0.15, 0.2) is 0 Å². The zero-order valence-electron chi connectivity index (χ0n) is 12.3. The van der Waals surface area contributed by atoms with Crippen molar-refractivity contribution >= 4 is 0 Å². The number of nitrogens with two attached hydrogens (primary N) is 1. The third-order valence-electron chi connectivity index (χ3n) is 5.02. The minimum absolute atomic E-state index is 0.435. The van der Waals surface area contributed by atoms with E-state index in [1.54, 1.807) is 0 Å². The van der Waals surface area contributed by atoms with Crippen molar-refractivity contribution in [2.45, 2.75) is 91.0 Å². The van der Waals surface area contributed by atoms with Gasteiger partial charge in [0.1, 0.15) is 0 Å². The molecule has 0 radical (unpaired) electrons. The van der Waals surface area contributed by atoms with Crippen molar-refractivity contribution in [1.29, 1.82) is 0 Å². The highest BCUT2D eigenvalue weighted by Crippen LogP contribution is 2.40. The van der Waals surface area contributed by atoms with Crippen molar-refractivity contribution in [2.24, 2.45) is 17.1 Å². The van der Waals surface area contributed by atoms with Crippen LogP contribution in [0.4, 0.5) is 0 Å². The van der Waals surface area contributed by atoms with Gasteiger partial charge in [-0.2, -0.15) is 0 Å². The molecule has 0 spiro atoms. The number of rotatable bonds is 7. The number of unbranched alkanes of at least 4 members (excludes halogenated alkanes) is 1. The van der Waals surface area contributed by atoms with E-state index in [9.17, 15) is 0 Å². The first kappa shape index (κ1) is 15.0. The van der Waals surface area contributed by atoms with Crippen LogP contribution in [0.25, 0.3) is 0 Å². The van der Waals surface area contributed by atoms with Crippen molar-refractivity contribution in [1.82, 2.24) is 0 Å². The average molecular weight is 239 g/mol. The lowest BCUT2D eigenvalue weighted by Crippen LogP contribution is -2.42. The van der Waals surface area contributed by atoms with Crippen LogP contribution in [0, 0.1) is 11.3 Å². The van der Waals surface area contributed by atoms with E-state index in [0.29, 0.717) is 11.5 Å². The SMILES string of the molecule is CCCCC(CC)CC(N)C1(C)CCCCC1. The van der Waals surface area contributed by atoms with Crippen LogP contribution < -0.4 is 5.73 Å². The summed E-state index contributed by atoms with van der Waals surface area (Å²) >= 11 is 0. The Morgan fingerprint density at radius 3 is 2.29 bits per heavy atom. The number of hydrogen-bond acceptors (Lipinski definition) is 1. The van der Waals surface area contributed by atoms with E-state index in [1.165, 1.54) is 64.2 Å². The van der Waals surface area contributed by atoms with Gasteiger partial charge in [-0.15, -0.1) is 0 Å². The van der Waals surface area contributed by atoms with Gasteiger partial charge in [-0.25, -0.2) is 0 Å². The second kappa shape index (κ2) is 7.41. The first-order valence-electron chi connectivity index (χ1n) is 7.88. The van der Waals surface area contributed by atoms with Crippen LogP contribution in [0.3, 0.4) is 0 Å². The summed E-state index contributed by atoms with van der Waals surface area (Å²) in [5.41, 5.74) is 6.97. The quantitative estimate of drug-likeness (QED) is 0.672. The minimum atomic E-state index is 0.435. The van der Waals surface area contributed by atoms with Crippen molar-refractivity contribution in [2.75, 3.05) is 0 Å². The predicted octanol–water partition coefficient (Wildman–Crippen LogP) is 4.89. The lowest BCUT2D eigenvalue weighted by molar-refractivity contribution is 0.147. The fraction of sp³-hybridized carbons (Fsp3) is 1.00. The summed E-state index contributed by atoms with van der Waals surface area (Å²) < 4.78 is 0. The summed E-state index contributed by atoms with van der Waals surface area (Å²) in [7, 11) is 0. The second-order valence-corrected chi connectivity index (χ2v) is 6.47. The van der Waals surface area contributed by atoms with Crippen LogP contribution in [-0.4, -0.2) is 6.04 Å². The van der Waals surface area contributed by atoms with Gasteiger partial charge in [0.2, 0.25) is 0 Å². The first-order chi connectivity index (χ1) is 8.12. The van der Waals surface area contributed by atoms with E-state index in [1.807, 2.05) is 0 Å². The molecule has 1 nitrogen and oxygen atoms in total. The van der Waals surface area contributed by atoms with Gasteiger partial charge >= 0.3 is 0 Å². The van der Waals surface area contributed by atoms with E-state index in [4.69, 9.17) is 5.73 Å². The third kappa shape index (κ3) is 4.62. The van der Waals surface area contributed by atoms with Gasteiger partial charge < -0.3 is 5.73 Å². The second-order valence-electron chi connectivity index (χ2n) is 6.47. The molecule has 1 aliphatic rings. The molecule has 0 aromatic rings. The van der Waals surface area contributed by atoms with E-state index in [2.05, 4.69) is 20.8 Å². The Bertz CT molecular complexity index is 194. The molecule has 102 valence electrons. The van der Waals surface area contributed by atoms with Gasteiger partial charge in [0.25, 0.3) is 0 Å². The normalized spacial score (nSPS) is 23.3. The highest BCUT2D eigenvalue weighted by Gasteiger charge is 2.33. The highest BCUT2D eigenvalue weighted by atomic mass is 14.7. The molecule has 0 aromatic heterocycles. The Kier molecular flexibility index (Phi) is 6.54. The predicted molar refractivity (Wildman–Crippen MR) is 77.1 cm³/mol. The Morgan fingerprint density at radius 1 is 1.12 bits per heavy atom. The van der Waals surface area contributed by atoms with Crippen LogP contribution in [0.1, 0.15) is 85.0 Å². The minimum Gasteiger partial charge on any atom is -0.327 e. The molecule has 1 saturated carbocycles. The molecule has 2 atom stereocenters. The monoisotopic (exact) mass is 239 g/mol. The highest BCUT2D eigenvalue weighted by molar-refractivity contribution is 4.89. The molecular formula is C16H33N. The summed E-state index contributed by atoms with van der Waals surface area (Å²) in [4.78, 5) is 0. The van der Waals surface area contributed by atoms with Gasteiger partial charge in [-0.1, -0.05) is 65.7 Å². The largest absolute Gasteiger partial charge is 0.327 e. The van der Waals surface area contributed by atoms with Crippen LogP contribution in [0.2, 0.25) is 0 Å². The molecular weight excluding hydrogens is 206 g/mol. The molecule has 1 rings (SSSR count). The molecule has 1 heteroatoms. The molecule has 2 N–H and O–H groups in total. The number of hydrogen-bond donors (Lipinski definition) is 1. The van der Waals surface area contributed by atoms with Gasteiger partial charge in [0, 0.05) is 6.04 Å². The Labute approximate surface area is 109 Å². The smallest absolute Gasteiger partial charge is 0.00955 e. The Balaban J connectivity index is 2.41. The van der Waals surface area contributed by atoms with E-state index in [-0.39, 0.29) is 0 Å². The molecule has 0 bridgehead atoms. The summed E-state index contributed by atoms with van der Waals surface area (Å²) in [6.45, 7) is 7.05.